The number of anilines is 1. The number of ether oxygens (including phenoxy) is 1. The molecule has 4 rings (SSSR count). The molecule has 13 heteroatoms. The maximum Gasteiger partial charge on any atom is 0.415 e. The number of nitrogens with one attached hydrogen (secondary N) is 2. The third kappa shape index (κ3) is 4.63. The molecule has 0 aromatic heterocycles. The van der Waals surface area contributed by atoms with Gasteiger partial charge in [-0.1, -0.05) is 13.0 Å². The van der Waals surface area contributed by atoms with Crippen LogP contribution >= 0.6 is 11.8 Å². The second kappa shape index (κ2) is 9.82. The van der Waals surface area contributed by atoms with Crippen molar-refractivity contribution in [2.75, 3.05) is 11.9 Å². The van der Waals surface area contributed by atoms with Crippen molar-refractivity contribution in [1.29, 1.82) is 0 Å². The lowest BCUT2D eigenvalue weighted by Crippen LogP contribution is -2.56. The Morgan fingerprint density at radius 1 is 1.14 bits per heavy atom. The van der Waals surface area contributed by atoms with Crippen molar-refractivity contribution in [3.63, 3.8) is 0 Å². The van der Waals surface area contributed by atoms with Gasteiger partial charge in [0.2, 0.25) is 5.91 Å². The van der Waals surface area contributed by atoms with Crippen LogP contribution in [0, 0.1) is 11.8 Å². The predicted octanol–water partition coefficient (Wildman–Crippen LogP) is 1.64. The second-order valence-electron chi connectivity index (χ2n) is 8.93. The van der Waals surface area contributed by atoms with Gasteiger partial charge in [-0.3, -0.25) is 14.5 Å². The zero-order valence-corrected chi connectivity index (χ0v) is 20.2. The smallest absolute Gasteiger partial charge is 0.415 e. The fourth-order valence-electron chi connectivity index (χ4n) is 4.96. The van der Waals surface area contributed by atoms with E-state index in [9.17, 15) is 34.2 Å². The largest absolute Gasteiger partial charge is 0.481 e. The van der Waals surface area contributed by atoms with Gasteiger partial charge in [-0.25, -0.2) is 14.4 Å². The van der Waals surface area contributed by atoms with Gasteiger partial charge < -0.3 is 30.7 Å². The van der Waals surface area contributed by atoms with E-state index in [-0.39, 0.29) is 22.4 Å². The Labute approximate surface area is 209 Å². The summed E-state index contributed by atoms with van der Waals surface area (Å²) in [6, 6.07) is 4.34. The molecule has 3 aliphatic rings. The van der Waals surface area contributed by atoms with E-state index < -0.39 is 54.0 Å². The van der Waals surface area contributed by atoms with Gasteiger partial charge >= 0.3 is 24.0 Å². The SMILES string of the molecule is C[C@H]1OC(=O)N2C(C(=O)O)=C(S[C@@H]3CN[C@H](C(=O)Nc4cccc(C(=O)O)c4)C3)[C@H](C)[C@@H]2C1C(=O)O. The van der Waals surface area contributed by atoms with Gasteiger partial charge in [0.05, 0.1) is 17.6 Å². The maximum absolute atomic E-state index is 12.7. The molecule has 3 heterocycles. The highest BCUT2D eigenvalue weighted by molar-refractivity contribution is 8.03. The molecule has 2 amide bonds. The van der Waals surface area contributed by atoms with Crippen molar-refractivity contribution in [1.82, 2.24) is 10.2 Å². The predicted molar refractivity (Wildman–Crippen MR) is 126 cm³/mol. The first-order valence-electron chi connectivity index (χ1n) is 11.2. The van der Waals surface area contributed by atoms with Gasteiger partial charge in [0, 0.05) is 28.3 Å². The summed E-state index contributed by atoms with van der Waals surface area (Å²) >= 11 is 1.21. The molecule has 5 N–H and O–H groups in total. The standard InChI is InChI=1S/C23H25N3O9S/c1-9-16-15(21(30)31)10(2)35-23(34)26(16)17(22(32)33)18(9)36-13-7-14(24-8-13)19(27)25-12-5-3-4-11(6-12)20(28)29/h3-6,9-10,13-16,24H,7-8H2,1-2H3,(H,25,27)(H,28,29)(H,30,31)(H,32,33)/t9-,10-,13+,14+,15?,16-/m1/s1. The number of thioether (sulfide) groups is 1. The molecule has 0 aliphatic carbocycles. The topological polar surface area (TPSA) is 183 Å². The number of benzene rings is 1. The number of rotatable bonds is 7. The third-order valence-electron chi connectivity index (χ3n) is 6.62. The fourth-order valence-corrected chi connectivity index (χ4v) is 6.44. The highest BCUT2D eigenvalue weighted by Crippen LogP contribution is 2.48. The second-order valence-corrected chi connectivity index (χ2v) is 10.3. The molecule has 2 fully saturated rings. The van der Waals surface area contributed by atoms with Crippen LogP contribution in [0.25, 0.3) is 0 Å². The van der Waals surface area contributed by atoms with Gasteiger partial charge in [-0.2, -0.15) is 0 Å². The first-order chi connectivity index (χ1) is 17.0. The number of nitrogens with zero attached hydrogens (tertiary/aromatic N) is 1. The molecule has 0 radical (unpaired) electrons. The number of aliphatic carboxylic acids is 2. The minimum atomic E-state index is -1.36. The van der Waals surface area contributed by atoms with Gasteiger partial charge in [-0.05, 0) is 31.5 Å². The fraction of sp³-hybridized carbons (Fsp3) is 0.435. The molecule has 12 nitrogen and oxygen atoms in total. The maximum atomic E-state index is 12.7. The number of amides is 2. The number of hydrogen-bond acceptors (Lipinski definition) is 8. The first kappa shape index (κ1) is 25.5. The van der Waals surface area contributed by atoms with E-state index in [1.807, 2.05) is 0 Å². The minimum absolute atomic E-state index is 0.0351. The number of carboxylic acid groups (broad SMARTS) is 3. The van der Waals surface area contributed by atoms with E-state index in [1.165, 1.54) is 36.9 Å². The van der Waals surface area contributed by atoms with Gasteiger partial charge in [0.1, 0.15) is 17.7 Å². The van der Waals surface area contributed by atoms with E-state index in [2.05, 4.69) is 10.6 Å². The lowest BCUT2D eigenvalue weighted by molar-refractivity contribution is -0.153. The molecule has 192 valence electrons. The summed E-state index contributed by atoms with van der Waals surface area (Å²) in [5, 5.41) is 34.3. The molecule has 1 aromatic rings. The zero-order valence-electron chi connectivity index (χ0n) is 19.3. The molecule has 0 bridgehead atoms. The molecule has 36 heavy (non-hydrogen) atoms. The van der Waals surface area contributed by atoms with Crippen molar-refractivity contribution < 1.29 is 44.0 Å². The molecule has 3 aliphatic heterocycles. The summed E-state index contributed by atoms with van der Waals surface area (Å²) in [6.07, 6.45) is -1.47. The Morgan fingerprint density at radius 3 is 2.50 bits per heavy atom. The molecule has 6 atom stereocenters. The van der Waals surface area contributed by atoms with E-state index in [4.69, 9.17) is 9.84 Å². The number of carbonyl (C=O) groups is 5. The molecular weight excluding hydrogens is 494 g/mol. The van der Waals surface area contributed by atoms with Crippen molar-refractivity contribution in [2.45, 2.75) is 43.7 Å². The summed E-state index contributed by atoms with van der Waals surface area (Å²) in [5.41, 5.74) is 0.0781. The summed E-state index contributed by atoms with van der Waals surface area (Å²) < 4.78 is 5.15. The average molecular weight is 520 g/mol. The number of carbonyl (C=O) groups excluding carboxylic acids is 2. The van der Waals surface area contributed by atoms with Crippen LogP contribution in [-0.4, -0.2) is 80.1 Å². The van der Waals surface area contributed by atoms with E-state index in [0.29, 0.717) is 23.6 Å². The van der Waals surface area contributed by atoms with Crippen molar-refractivity contribution in [3.05, 3.63) is 40.4 Å². The van der Waals surface area contributed by atoms with Crippen LogP contribution in [-0.2, 0) is 19.1 Å². The highest BCUT2D eigenvalue weighted by Gasteiger charge is 2.56. The summed E-state index contributed by atoms with van der Waals surface area (Å²) in [5.74, 6) is -5.70. The third-order valence-corrected chi connectivity index (χ3v) is 8.13. The number of hydrogen-bond donors (Lipinski definition) is 5. The molecule has 0 saturated carbocycles. The minimum Gasteiger partial charge on any atom is -0.481 e. The number of fused-ring (bicyclic) bond motifs is 1. The van der Waals surface area contributed by atoms with E-state index in [1.54, 1.807) is 13.0 Å². The number of cyclic esters (lactones) is 1. The Hall–Kier alpha value is -3.58. The van der Waals surface area contributed by atoms with Crippen LogP contribution in [0.5, 0.6) is 0 Å². The molecular formula is C23H25N3O9S. The summed E-state index contributed by atoms with van der Waals surface area (Å²) in [4.78, 5) is 61.9. The zero-order chi connectivity index (χ0) is 26.3. The van der Waals surface area contributed by atoms with Crippen molar-refractivity contribution in [3.8, 4) is 0 Å². The van der Waals surface area contributed by atoms with Crippen molar-refractivity contribution in [2.24, 2.45) is 11.8 Å². The monoisotopic (exact) mass is 519 g/mol. The first-order valence-corrected chi connectivity index (χ1v) is 12.1. The number of aromatic carboxylic acids is 1. The Bertz CT molecular complexity index is 1170. The molecule has 1 aromatic carbocycles. The highest BCUT2D eigenvalue weighted by atomic mass is 32.2. The molecule has 0 spiro atoms. The van der Waals surface area contributed by atoms with Gasteiger partial charge in [0.25, 0.3) is 0 Å². The van der Waals surface area contributed by atoms with Gasteiger partial charge in [-0.15, -0.1) is 11.8 Å². The van der Waals surface area contributed by atoms with E-state index >= 15 is 0 Å². The summed E-state index contributed by atoms with van der Waals surface area (Å²) in [6.45, 7) is 3.54. The normalized spacial score (nSPS) is 29.5. The Morgan fingerprint density at radius 2 is 1.86 bits per heavy atom. The van der Waals surface area contributed by atoms with Crippen LogP contribution in [0.15, 0.2) is 34.9 Å². The molecule has 2 saturated heterocycles. The van der Waals surface area contributed by atoms with Gasteiger partial charge in [0.15, 0.2) is 0 Å². The lowest BCUT2D eigenvalue weighted by Gasteiger charge is -2.39. The van der Waals surface area contributed by atoms with Crippen molar-refractivity contribution >= 4 is 47.4 Å². The Balaban J connectivity index is 1.49. The quantitative estimate of drug-likeness (QED) is 0.353. The average Bonchev–Trinajstić information content (AvgIpc) is 3.38. The number of carboxylic acids is 3. The Kier molecular flexibility index (Phi) is 6.96. The lowest BCUT2D eigenvalue weighted by atomic mass is 9.86. The van der Waals surface area contributed by atoms with Crippen LogP contribution in [0.3, 0.4) is 0 Å². The van der Waals surface area contributed by atoms with Crippen LogP contribution in [0.4, 0.5) is 10.5 Å². The summed E-state index contributed by atoms with van der Waals surface area (Å²) in [7, 11) is 0. The van der Waals surface area contributed by atoms with Crippen LogP contribution < -0.4 is 10.6 Å². The van der Waals surface area contributed by atoms with Crippen LogP contribution in [0.2, 0.25) is 0 Å². The van der Waals surface area contributed by atoms with Crippen LogP contribution in [0.1, 0.15) is 30.6 Å². The molecule has 1 unspecified atom stereocenters. The van der Waals surface area contributed by atoms with E-state index in [0.717, 1.165) is 4.90 Å².